The van der Waals surface area contributed by atoms with Gasteiger partial charge >= 0.3 is 0 Å². The van der Waals surface area contributed by atoms with Crippen molar-refractivity contribution in [1.82, 2.24) is 9.97 Å². The predicted molar refractivity (Wildman–Crippen MR) is 71.5 cm³/mol. The number of alkyl halides is 2. The normalized spacial score (nSPS) is 11.0. The summed E-state index contributed by atoms with van der Waals surface area (Å²) >= 11 is 0. The number of fused-ring (bicyclic) bond motifs is 1. The van der Waals surface area contributed by atoms with Crippen LogP contribution in [0.2, 0.25) is 0 Å². The van der Waals surface area contributed by atoms with Gasteiger partial charge in [0, 0.05) is 24.1 Å². The molecule has 0 fully saturated rings. The second-order valence-corrected chi connectivity index (χ2v) is 4.07. The van der Waals surface area contributed by atoms with Gasteiger partial charge in [0.05, 0.1) is 17.0 Å². The molecule has 0 saturated carbocycles. The number of nitrogens with zero attached hydrogens (tertiary/aromatic N) is 3. The summed E-state index contributed by atoms with van der Waals surface area (Å²) in [6.07, 6.45) is -1.19. The Morgan fingerprint density at radius 3 is 2.90 bits per heavy atom. The maximum atomic E-state index is 11.9. The van der Waals surface area contributed by atoms with Crippen LogP contribution in [0.3, 0.4) is 0 Å². The van der Waals surface area contributed by atoms with E-state index in [9.17, 15) is 18.9 Å². The van der Waals surface area contributed by atoms with E-state index < -0.39 is 18.0 Å². The lowest BCUT2D eigenvalue weighted by atomic mass is 10.2. The van der Waals surface area contributed by atoms with Gasteiger partial charge in [0.25, 0.3) is 12.1 Å². The molecule has 0 aliphatic rings. The number of hydrogen-bond acceptors (Lipinski definition) is 6. The number of benzene rings is 1. The third-order valence-corrected chi connectivity index (χ3v) is 2.61. The summed E-state index contributed by atoms with van der Waals surface area (Å²) in [5, 5.41) is 14.1. The average molecular weight is 298 g/mol. The molecule has 0 aliphatic carbocycles. The molecule has 21 heavy (non-hydrogen) atoms. The maximum absolute atomic E-state index is 11.9. The lowest BCUT2D eigenvalue weighted by Crippen LogP contribution is -2.14. The molecular weight excluding hydrogens is 286 g/mol. The minimum atomic E-state index is -2.51. The van der Waals surface area contributed by atoms with Crippen LogP contribution in [-0.2, 0) is 4.74 Å². The molecule has 0 spiro atoms. The Labute approximate surface area is 118 Å². The fourth-order valence-corrected chi connectivity index (χ4v) is 1.71. The van der Waals surface area contributed by atoms with Crippen molar-refractivity contribution in [3.63, 3.8) is 0 Å². The second-order valence-electron chi connectivity index (χ2n) is 4.07. The molecule has 0 aliphatic heterocycles. The lowest BCUT2D eigenvalue weighted by Gasteiger charge is -2.08. The van der Waals surface area contributed by atoms with Crippen LogP contribution in [0.4, 0.5) is 20.3 Å². The first-order valence-corrected chi connectivity index (χ1v) is 6.07. The molecule has 0 radical (unpaired) electrons. The van der Waals surface area contributed by atoms with Gasteiger partial charge in [0.1, 0.15) is 18.8 Å². The van der Waals surface area contributed by atoms with Crippen LogP contribution in [0.25, 0.3) is 10.9 Å². The summed E-state index contributed by atoms with van der Waals surface area (Å²) in [6.45, 7) is -0.302. The van der Waals surface area contributed by atoms with Crippen LogP contribution in [0.15, 0.2) is 24.5 Å². The molecule has 7 nitrogen and oxygen atoms in total. The molecule has 2 rings (SSSR count). The summed E-state index contributed by atoms with van der Waals surface area (Å²) in [4.78, 5) is 18.3. The summed E-state index contributed by atoms with van der Waals surface area (Å²) in [5.74, 6) is 0.393. The van der Waals surface area contributed by atoms with Crippen molar-refractivity contribution in [3.8, 4) is 0 Å². The van der Waals surface area contributed by atoms with Crippen molar-refractivity contribution in [2.75, 3.05) is 25.1 Å². The van der Waals surface area contributed by atoms with E-state index in [1.807, 2.05) is 0 Å². The van der Waals surface area contributed by atoms with Crippen molar-refractivity contribution in [1.29, 1.82) is 0 Å². The average Bonchev–Trinajstić information content (AvgIpc) is 2.46. The number of rotatable bonds is 7. The van der Waals surface area contributed by atoms with Gasteiger partial charge < -0.3 is 10.1 Å². The molecule has 0 saturated heterocycles. The summed E-state index contributed by atoms with van der Waals surface area (Å²) in [5.41, 5.74) is 0.473. The maximum Gasteiger partial charge on any atom is 0.270 e. The Morgan fingerprint density at radius 2 is 2.19 bits per heavy atom. The molecule has 1 N–H and O–H groups in total. The summed E-state index contributed by atoms with van der Waals surface area (Å²) in [7, 11) is 0. The zero-order valence-electron chi connectivity index (χ0n) is 10.8. The monoisotopic (exact) mass is 298 g/mol. The first kappa shape index (κ1) is 15.0. The van der Waals surface area contributed by atoms with Gasteiger partial charge in [0.2, 0.25) is 0 Å². The number of aromatic nitrogens is 2. The number of nitro groups is 1. The predicted octanol–water partition coefficient (Wildman–Crippen LogP) is 2.23. The minimum Gasteiger partial charge on any atom is -0.374 e. The number of nitro benzene ring substituents is 1. The largest absolute Gasteiger partial charge is 0.374 e. The first-order chi connectivity index (χ1) is 10.1. The van der Waals surface area contributed by atoms with Crippen LogP contribution in [-0.4, -0.2) is 41.1 Å². The molecule has 1 heterocycles. The van der Waals surface area contributed by atoms with Gasteiger partial charge in [0.15, 0.2) is 0 Å². The molecule has 0 atom stereocenters. The molecule has 0 unspecified atom stereocenters. The molecule has 0 bridgehead atoms. The van der Waals surface area contributed by atoms with Crippen LogP contribution >= 0.6 is 0 Å². The lowest BCUT2D eigenvalue weighted by molar-refractivity contribution is -0.384. The molecular formula is C12H12F2N4O3. The van der Waals surface area contributed by atoms with Gasteiger partial charge in [-0.15, -0.1) is 0 Å². The molecule has 2 aromatic rings. The van der Waals surface area contributed by atoms with E-state index in [0.717, 1.165) is 0 Å². The van der Waals surface area contributed by atoms with Crippen molar-refractivity contribution in [3.05, 3.63) is 34.6 Å². The van der Waals surface area contributed by atoms with Crippen molar-refractivity contribution < 1.29 is 18.4 Å². The SMILES string of the molecule is O=[N+]([O-])c1ccc2ncnc(NCCOCC(F)F)c2c1. The summed E-state index contributed by atoms with van der Waals surface area (Å²) < 4.78 is 28.5. The van der Waals surface area contributed by atoms with E-state index >= 15 is 0 Å². The van der Waals surface area contributed by atoms with E-state index in [-0.39, 0.29) is 18.8 Å². The third-order valence-electron chi connectivity index (χ3n) is 2.61. The third kappa shape index (κ3) is 4.02. The summed E-state index contributed by atoms with van der Waals surface area (Å²) in [6, 6.07) is 4.23. The van der Waals surface area contributed by atoms with Gasteiger partial charge in [-0.25, -0.2) is 18.7 Å². The minimum absolute atomic E-state index is 0.0742. The van der Waals surface area contributed by atoms with Crippen molar-refractivity contribution >= 4 is 22.4 Å². The fourth-order valence-electron chi connectivity index (χ4n) is 1.71. The van der Waals surface area contributed by atoms with E-state index in [1.165, 1.54) is 24.5 Å². The Kier molecular flexibility index (Phi) is 4.88. The Hall–Kier alpha value is -2.42. The Balaban J connectivity index is 2.08. The number of ether oxygens (including phenoxy) is 1. The molecule has 9 heteroatoms. The van der Waals surface area contributed by atoms with Crippen LogP contribution in [0.1, 0.15) is 0 Å². The van der Waals surface area contributed by atoms with E-state index in [2.05, 4.69) is 15.3 Å². The Bertz CT molecular complexity index is 639. The highest BCUT2D eigenvalue weighted by molar-refractivity contribution is 5.90. The van der Waals surface area contributed by atoms with Crippen LogP contribution < -0.4 is 5.32 Å². The highest BCUT2D eigenvalue weighted by atomic mass is 19.3. The standard InChI is InChI=1S/C12H12F2N4O3/c13-11(14)6-21-4-3-15-12-9-5-8(18(19)20)1-2-10(9)16-7-17-12/h1-2,5,7,11H,3-4,6H2,(H,15,16,17). The molecule has 1 aromatic carbocycles. The highest BCUT2D eigenvalue weighted by Crippen LogP contribution is 2.23. The molecule has 0 amide bonds. The highest BCUT2D eigenvalue weighted by Gasteiger charge is 2.10. The first-order valence-electron chi connectivity index (χ1n) is 6.07. The number of hydrogen-bond donors (Lipinski definition) is 1. The van der Waals surface area contributed by atoms with Gasteiger partial charge in [-0.2, -0.15) is 0 Å². The molecule has 112 valence electrons. The van der Waals surface area contributed by atoms with Crippen molar-refractivity contribution in [2.24, 2.45) is 0 Å². The number of halogens is 2. The van der Waals surface area contributed by atoms with Crippen LogP contribution in [0.5, 0.6) is 0 Å². The number of non-ortho nitro benzene ring substituents is 1. The Morgan fingerprint density at radius 1 is 1.38 bits per heavy atom. The zero-order valence-corrected chi connectivity index (χ0v) is 10.8. The fraction of sp³-hybridized carbons (Fsp3) is 0.333. The van der Waals surface area contributed by atoms with Gasteiger partial charge in [-0.3, -0.25) is 10.1 Å². The van der Waals surface area contributed by atoms with Crippen molar-refractivity contribution in [2.45, 2.75) is 6.43 Å². The zero-order chi connectivity index (χ0) is 15.2. The second kappa shape index (κ2) is 6.84. The van der Waals surface area contributed by atoms with E-state index in [1.54, 1.807) is 0 Å². The molecule has 1 aromatic heterocycles. The topological polar surface area (TPSA) is 90.2 Å². The van der Waals surface area contributed by atoms with Crippen LogP contribution in [0, 0.1) is 10.1 Å². The van der Waals surface area contributed by atoms with E-state index in [4.69, 9.17) is 4.74 Å². The quantitative estimate of drug-likeness (QED) is 0.479. The van der Waals surface area contributed by atoms with Gasteiger partial charge in [-0.05, 0) is 6.07 Å². The number of nitrogens with one attached hydrogen (secondary N) is 1. The van der Waals surface area contributed by atoms with Gasteiger partial charge in [-0.1, -0.05) is 0 Å². The number of anilines is 1. The van der Waals surface area contributed by atoms with E-state index in [0.29, 0.717) is 16.7 Å². The smallest absolute Gasteiger partial charge is 0.270 e.